The molecular formula is C12H25NO5. The van der Waals surface area contributed by atoms with Crippen molar-refractivity contribution in [3.05, 3.63) is 0 Å². The molecule has 0 radical (unpaired) electrons. The third kappa shape index (κ3) is 13.4. The van der Waals surface area contributed by atoms with Crippen molar-refractivity contribution in [1.29, 1.82) is 0 Å². The first kappa shape index (κ1) is 17.3. The van der Waals surface area contributed by atoms with Gasteiger partial charge in [-0.1, -0.05) is 0 Å². The molecule has 0 fully saturated rings. The van der Waals surface area contributed by atoms with Crippen LogP contribution in [0.4, 0.5) is 0 Å². The first-order valence-corrected chi connectivity index (χ1v) is 6.11. The molecule has 108 valence electrons. The maximum absolute atomic E-state index is 10.7. The van der Waals surface area contributed by atoms with Crippen molar-refractivity contribution in [3.63, 3.8) is 0 Å². The number of ether oxygens (including phenoxy) is 4. The van der Waals surface area contributed by atoms with Crippen molar-refractivity contribution < 1.29 is 23.7 Å². The van der Waals surface area contributed by atoms with Crippen LogP contribution in [0.2, 0.25) is 0 Å². The highest BCUT2D eigenvalue weighted by molar-refractivity contribution is 5.69. The minimum absolute atomic E-state index is 0.259. The van der Waals surface area contributed by atoms with Gasteiger partial charge in [-0.05, 0) is 14.1 Å². The van der Waals surface area contributed by atoms with Gasteiger partial charge in [0.1, 0.15) is 0 Å². The van der Waals surface area contributed by atoms with Crippen LogP contribution in [0.1, 0.15) is 6.42 Å². The summed E-state index contributed by atoms with van der Waals surface area (Å²) in [5.41, 5.74) is 0. The van der Waals surface area contributed by atoms with Crippen LogP contribution in [0.25, 0.3) is 0 Å². The second kappa shape index (κ2) is 12.8. The predicted octanol–water partition coefficient (Wildman–Crippen LogP) is 0.161. The van der Waals surface area contributed by atoms with Gasteiger partial charge in [0.2, 0.25) is 0 Å². The van der Waals surface area contributed by atoms with E-state index in [9.17, 15) is 4.79 Å². The first-order valence-electron chi connectivity index (χ1n) is 6.11. The monoisotopic (exact) mass is 263 g/mol. The molecule has 18 heavy (non-hydrogen) atoms. The summed E-state index contributed by atoms with van der Waals surface area (Å²) >= 11 is 0. The SMILES string of the molecule is COC(=O)CCOCCOCCOCCN(C)C. The Labute approximate surface area is 109 Å². The number of carbonyl (C=O) groups is 1. The van der Waals surface area contributed by atoms with Crippen molar-refractivity contribution in [2.75, 3.05) is 67.4 Å². The van der Waals surface area contributed by atoms with E-state index in [-0.39, 0.29) is 12.4 Å². The number of hydrogen-bond donors (Lipinski definition) is 0. The number of methoxy groups -OCH3 is 1. The summed E-state index contributed by atoms with van der Waals surface area (Å²) in [5.74, 6) is -0.259. The van der Waals surface area contributed by atoms with Crippen LogP contribution in [0.5, 0.6) is 0 Å². The van der Waals surface area contributed by atoms with Gasteiger partial charge < -0.3 is 23.8 Å². The topological polar surface area (TPSA) is 57.2 Å². The Kier molecular flexibility index (Phi) is 12.3. The lowest BCUT2D eigenvalue weighted by molar-refractivity contribution is -0.141. The molecule has 6 heteroatoms. The van der Waals surface area contributed by atoms with Crippen LogP contribution in [-0.4, -0.2) is 78.3 Å². The average Bonchev–Trinajstić information content (AvgIpc) is 2.35. The smallest absolute Gasteiger partial charge is 0.307 e. The van der Waals surface area contributed by atoms with Crippen molar-refractivity contribution >= 4 is 5.97 Å². The van der Waals surface area contributed by atoms with Gasteiger partial charge in [-0.3, -0.25) is 4.79 Å². The van der Waals surface area contributed by atoms with Gasteiger partial charge in [-0.2, -0.15) is 0 Å². The number of esters is 1. The standard InChI is InChI=1S/C12H25NO5/c1-13(2)5-7-17-9-11-18-10-8-16-6-4-12(14)15-3/h4-11H2,1-3H3. The van der Waals surface area contributed by atoms with E-state index in [1.54, 1.807) is 0 Å². The quantitative estimate of drug-likeness (QED) is 0.369. The number of nitrogens with zero attached hydrogens (tertiary/aromatic N) is 1. The lowest BCUT2D eigenvalue weighted by Gasteiger charge is -2.10. The molecule has 6 nitrogen and oxygen atoms in total. The molecular weight excluding hydrogens is 238 g/mol. The molecule has 0 aromatic carbocycles. The van der Waals surface area contributed by atoms with E-state index < -0.39 is 0 Å². The third-order valence-electron chi connectivity index (χ3n) is 2.11. The number of hydrogen-bond acceptors (Lipinski definition) is 6. The van der Waals surface area contributed by atoms with E-state index in [1.807, 2.05) is 14.1 Å². The first-order chi connectivity index (χ1) is 8.66. The van der Waals surface area contributed by atoms with Gasteiger partial charge in [-0.25, -0.2) is 0 Å². The molecule has 0 bridgehead atoms. The molecule has 0 aliphatic carbocycles. The number of rotatable bonds is 12. The van der Waals surface area contributed by atoms with Gasteiger partial charge >= 0.3 is 5.97 Å². The van der Waals surface area contributed by atoms with Crippen molar-refractivity contribution in [3.8, 4) is 0 Å². The fraction of sp³-hybridized carbons (Fsp3) is 0.917. The average molecular weight is 263 g/mol. The van der Waals surface area contributed by atoms with E-state index >= 15 is 0 Å². The second-order valence-corrected chi connectivity index (χ2v) is 3.97. The van der Waals surface area contributed by atoms with E-state index in [2.05, 4.69) is 9.64 Å². The van der Waals surface area contributed by atoms with Crippen LogP contribution in [-0.2, 0) is 23.7 Å². The van der Waals surface area contributed by atoms with Crippen molar-refractivity contribution in [2.45, 2.75) is 6.42 Å². The minimum atomic E-state index is -0.259. The molecule has 0 saturated heterocycles. The number of likely N-dealkylation sites (N-methyl/N-ethyl adjacent to an activating group) is 1. The molecule has 0 aromatic heterocycles. The highest BCUT2D eigenvalue weighted by atomic mass is 16.5. The van der Waals surface area contributed by atoms with Crippen molar-refractivity contribution in [2.24, 2.45) is 0 Å². The van der Waals surface area contributed by atoms with E-state index in [0.29, 0.717) is 39.6 Å². The van der Waals surface area contributed by atoms with Crippen LogP contribution in [0, 0.1) is 0 Å². The van der Waals surface area contributed by atoms with Gasteiger partial charge in [0, 0.05) is 6.54 Å². The van der Waals surface area contributed by atoms with E-state index in [1.165, 1.54) is 7.11 Å². The molecule has 0 spiro atoms. The Bertz CT molecular complexity index is 199. The molecule has 0 heterocycles. The zero-order chi connectivity index (χ0) is 13.6. The normalized spacial score (nSPS) is 10.9. The highest BCUT2D eigenvalue weighted by Gasteiger charge is 1.98. The largest absolute Gasteiger partial charge is 0.469 e. The van der Waals surface area contributed by atoms with Gasteiger partial charge in [0.25, 0.3) is 0 Å². The Morgan fingerprint density at radius 3 is 1.89 bits per heavy atom. The molecule has 0 aromatic rings. The van der Waals surface area contributed by atoms with E-state index in [4.69, 9.17) is 14.2 Å². The lowest BCUT2D eigenvalue weighted by Crippen LogP contribution is -2.19. The third-order valence-corrected chi connectivity index (χ3v) is 2.11. The second-order valence-electron chi connectivity index (χ2n) is 3.97. The van der Waals surface area contributed by atoms with Crippen molar-refractivity contribution in [1.82, 2.24) is 4.90 Å². The number of carbonyl (C=O) groups excluding carboxylic acids is 1. The molecule has 0 N–H and O–H groups in total. The minimum Gasteiger partial charge on any atom is -0.469 e. The Morgan fingerprint density at radius 2 is 1.39 bits per heavy atom. The predicted molar refractivity (Wildman–Crippen MR) is 67.6 cm³/mol. The maximum atomic E-state index is 10.7. The molecule has 0 aliphatic rings. The summed E-state index contributed by atoms with van der Waals surface area (Å²) in [6, 6.07) is 0. The molecule has 0 amide bonds. The summed E-state index contributed by atoms with van der Waals surface area (Å²) in [7, 11) is 5.37. The molecule has 0 atom stereocenters. The zero-order valence-corrected chi connectivity index (χ0v) is 11.6. The summed E-state index contributed by atoms with van der Waals surface area (Å²) < 4.78 is 20.3. The van der Waals surface area contributed by atoms with E-state index in [0.717, 1.165) is 6.54 Å². The Balaban J connectivity index is 3.01. The molecule has 0 unspecified atom stereocenters. The van der Waals surface area contributed by atoms with Crippen LogP contribution in [0.3, 0.4) is 0 Å². The molecule has 0 aliphatic heterocycles. The summed E-state index contributed by atoms with van der Waals surface area (Å²) in [6.07, 6.45) is 0.282. The Morgan fingerprint density at radius 1 is 0.889 bits per heavy atom. The lowest BCUT2D eigenvalue weighted by atomic mass is 10.5. The molecule has 0 saturated carbocycles. The fourth-order valence-corrected chi connectivity index (χ4v) is 1.05. The molecule has 0 rings (SSSR count). The summed E-state index contributed by atoms with van der Waals surface area (Å²) in [5, 5.41) is 0. The Hall–Kier alpha value is -0.690. The fourth-order valence-electron chi connectivity index (χ4n) is 1.05. The van der Waals surface area contributed by atoms with Gasteiger partial charge in [0.15, 0.2) is 0 Å². The zero-order valence-electron chi connectivity index (χ0n) is 11.6. The maximum Gasteiger partial charge on any atom is 0.307 e. The van der Waals surface area contributed by atoms with Crippen LogP contribution >= 0.6 is 0 Å². The van der Waals surface area contributed by atoms with Gasteiger partial charge in [-0.15, -0.1) is 0 Å². The van der Waals surface area contributed by atoms with Crippen LogP contribution in [0.15, 0.2) is 0 Å². The van der Waals surface area contributed by atoms with Crippen LogP contribution < -0.4 is 0 Å². The highest BCUT2D eigenvalue weighted by Crippen LogP contribution is 1.87. The van der Waals surface area contributed by atoms with Gasteiger partial charge in [0.05, 0.1) is 53.2 Å². The summed E-state index contributed by atoms with van der Waals surface area (Å²) in [4.78, 5) is 12.8. The summed E-state index contributed by atoms with van der Waals surface area (Å²) in [6.45, 7) is 4.15.